The molecule has 0 aliphatic rings. The summed E-state index contributed by atoms with van der Waals surface area (Å²) in [6, 6.07) is 12.7. The Morgan fingerprint density at radius 1 is 1.14 bits per heavy atom. The summed E-state index contributed by atoms with van der Waals surface area (Å²) in [4.78, 5) is 15.0. The number of carboxylic acid groups (broad SMARTS) is 1. The zero-order chi connectivity index (χ0) is 14.7. The molecule has 0 amide bonds. The Hall–Kier alpha value is -3.02. The van der Waals surface area contributed by atoms with Crippen LogP contribution in [0, 0.1) is 0 Å². The maximum absolute atomic E-state index is 10.9. The summed E-state index contributed by atoms with van der Waals surface area (Å²) in [5, 5.41) is 18.9. The van der Waals surface area contributed by atoms with Gasteiger partial charge in [0.1, 0.15) is 5.69 Å². The van der Waals surface area contributed by atoms with Crippen LogP contribution in [0.2, 0.25) is 0 Å². The first kappa shape index (κ1) is 13.0. The molecule has 0 spiro atoms. The van der Waals surface area contributed by atoms with Crippen LogP contribution in [0.1, 0.15) is 15.9 Å². The Kier molecular flexibility index (Phi) is 3.42. The molecule has 6 heteroatoms. The van der Waals surface area contributed by atoms with Gasteiger partial charge in [-0.1, -0.05) is 35.5 Å². The molecular weight excluding hydrogens is 268 g/mol. The summed E-state index contributed by atoms with van der Waals surface area (Å²) in [6.45, 7) is 0.591. The van der Waals surface area contributed by atoms with Crippen molar-refractivity contribution in [3.8, 4) is 11.4 Å². The maximum atomic E-state index is 10.9. The first-order valence-corrected chi connectivity index (χ1v) is 6.34. The van der Waals surface area contributed by atoms with Gasteiger partial charge in [0, 0.05) is 11.8 Å². The van der Waals surface area contributed by atoms with Crippen LogP contribution in [0.5, 0.6) is 0 Å². The fourth-order valence-corrected chi connectivity index (χ4v) is 1.96. The number of hydrogen-bond acceptors (Lipinski definition) is 5. The van der Waals surface area contributed by atoms with E-state index < -0.39 is 5.97 Å². The Morgan fingerprint density at radius 3 is 2.71 bits per heavy atom. The van der Waals surface area contributed by atoms with E-state index in [1.165, 1.54) is 18.3 Å². The van der Waals surface area contributed by atoms with Crippen molar-refractivity contribution in [2.24, 2.45) is 0 Å². The summed E-state index contributed by atoms with van der Waals surface area (Å²) in [5.74, 6) is -1.24. The molecule has 6 nitrogen and oxygen atoms in total. The number of rotatable bonds is 4. The number of aromatic carboxylic acids is 1. The molecule has 3 rings (SSSR count). The highest BCUT2D eigenvalue weighted by atomic mass is 16.4. The van der Waals surface area contributed by atoms with Gasteiger partial charge >= 0.3 is 0 Å². The van der Waals surface area contributed by atoms with Crippen molar-refractivity contribution in [1.82, 2.24) is 20.0 Å². The molecule has 0 saturated carbocycles. The lowest BCUT2D eigenvalue weighted by Crippen LogP contribution is -2.22. The lowest BCUT2D eigenvalue weighted by atomic mass is 10.2. The number of nitrogens with zero attached hydrogens (tertiary/aromatic N) is 4. The minimum Gasteiger partial charge on any atom is -0.545 e. The topological polar surface area (TPSA) is 83.7 Å². The predicted molar refractivity (Wildman–Crippen MR) is 73.1 cm³/mol. The Balaban J connectivity index is 1.85. The van der Waals surface area contributed by atoms with Gasteiger partial charge in [0.05, 0.1) is 24.4 Å². The fourth-order valence-electron chi connectivity index (χ4n) is 1.96. The monoisotopic (exact) mass is 279 g/mol. The molecule has 0 bridgehead atoms. The number of pyridine rings is 1. The Bertz CT molecular complexity index is 768. The van der Waals surface area contributed by atoms with Gasteiger partial charge < -0.3 is 9.90 Å². The molecule has 104 valence electrons. The van der Waals surface area contributed by atoms with E-state index in [2.05, 4.69) is 15.3 Å². The van der Waals surface area contributed by atoms with Crippen molar-refractivity contribution in [2.75, 3.05) is 0 Å². The summed E-state index contributed by atoms with van der Waals surface area (Å²) in [6.07, 6.45) is 3.14. The number of aromatic nitrogens is 4. The van der Waals surface area contributed by atoms with Crippen LogP contribution in [0.25, 0.3) is 11.4 Å². The molecule has 0 N–H and O–H groups in total. The maximum Gasteiger partial charge on any atom is 0.131 e. The van der Waals surface area contributed by atoms with Gasteiger partial charge in [0.15, 0.2) is 0 Å². The third-order valence-electron chi connectivity index (χ3n) is 2.98. The van der Waals surface area contributed by atoms with E-state index >= 15 is 0 Å². The Morgan fingerprint density at radius 2 is 1.95 bits per heavy atom. The van der Waals surface area contributed by atoms with Crippen molar-refractivity contribution in [1.29, 1.82) is 0 Å². The zero-order valence-electron chi connectivity index (χ0n) is 11.0. The summed E-state index contributed by atoms with van der Waals surface area (Å²) in [5.41, 5.74) is 2.15. The van der Waals surface area contributed by atoms with E-state index in [1.807, 2.05) is 30.3 Å². The van der Waals surface area contributed by atoms with E-state index in [9.17, 15) is 9.90 Å². The van der Waals surface area contributed by atoms with Crippen LogP contribution >= 0.6 is 0 Å². The molecule has 21 heavy (non-hydrogen) atoms. The lowest BCUT2D eigenvalue weighted by molar-refractivity contribution is -0.255. The molecule has 2 aromatic heterocycles. The van der Waals surface area contributed by atoms with Gasteiger partial charge in [-0.2, -0.15) is 0 Å². The molecule has 0 saturated heterocycles. The first-order chi connectivity index (χ1) is 10.2. The van der Waals surface area contributed by atoms with Gasteiger partial charge in [-0.3, -0.25) is 4.98 Å². The molecule has 0 aliphatic heterocycles. The number of carbonyl (C=O) groups is 1. The average molecular weight is 279 g/mol. The van der Waals surface area contributed by atoms with Crippen LogP contribution in [0.3, 0.4) is 0 Å². The molecule has 0 aliphatic carbocycles. The van der Waals surface area contributed by atoms with E-state index in [0.29, 0.717) is 17.9 Å². The quantitative estimate of drug-likeness (QED) is 0.703. The van der Waals surface area contributed by atoms with Crippen molar-refractivity contribution in [2.45, 2.75) is 6.54 Å². The second-order valence-electron chi connectivity index (χ2n) is 4.50. The van der Waals surface area contributed by atoms with Gasteiger partial charge in [-0.15, -0.1) is 5.10 Å². The number of hydrogen-bond donors (Lipinski definition) is 0. The van der Waals surface area contributed by atoms with Crippen LogP contribution in [0.15, 0.2) is 54.9 Å². The molecule has 0 unspecified atom stereocenters. The lowest BCUT2D eigenvalue weighted by Gasteiger charge is -2.02. The minimum atomic E-state index is -1.24. The van der Waals surface area contributed by atoms with Crippen molar-refractivity contribution in [3.63, 3.8) is 0 Å². The largest absolute Gasteiger partial charge is 0.545 e. The van der Waals surface area contributed by atoms with Gasteiger partial charge in [0.25, 0.3) is 0 Å². The molecular formula is C15H11N4O2-. The molecule has 0 atom stereocenters. The predicted octanol–water partition coefficient (Wildman–Crippen LogP) is 0.752. The van der Waals surface area contributed by atoms with Crippen LogP contribution < -0.4 is 5.11 Å². The van der Waals surface area contributed by atoms with Gasteiger partial charge in [-0.05, 0) is 17.7 Å². The standard InChI is InChI=1S/C15H12N4O2/c20-15(21)12-6-7-16-13(8-12)14-10-19(18-17-14)9-11-4-2-1-3-5-11/h1-8,10H,9H2,(H,20,21)/p-1. The van der Waals surface area contributed by atoms with E-state index in [1.54, 1.807) is 10.9 Å². The Labute approximate surface area is 120 Å². The van der Waals surface area contributed by atoms with E-state index in [0.717, 1.165) is 5.56 Å². The summed E-state index contributed by atoms with van der Waals surface area (Å²) in [7, 11) is 0. The van der Waals surface area contributed by atoms with Crippen LogP contribution in [-0.2, 0) is 6.54 Å². The minimum absolute atomic E-state index is 0.0672. The van der Waals surface area contributed by atoms with Crippen molar-refractivity contribution >= 4 is 5.97 Å². The average Bonchev–Trinajstić information content (AvgIpc) is 2.97. The highest BCUT2D eigenvalue weighted by Crippen LogP contribution is 2.14. The second-order valence-corrected chi connectivity index (χ2v) is 4.50. The van der Waals surface area contributed by atoms with E-state index in [4.69, 9.17) is 0 Å². The third-order valence-corrected chi connectivity index (χ3v) is 2.98. The third kappa shape index (κ3) is 2.94. The molecule has 3 aromatic rings. The number of benzene rings is 1. The van der Waals surface area contributed by atoms with Crippen molar-refractivity contribution in [3.05, 3.63) is 66.0 Å². The molecule has 0 fully saturated rings. The SMILES string of the molecule is O=C([O-])c1ccnc(-c2cn(Cc3ccccc3)nn2)c1. The molecule has 2 heterocycles. The smallest absolute Gasteiger partial charge is 0.131 e. The van der Waals surface area contributed by atoms with Crippen LogP contribution in [-0.4, -0.2) is 25.9 Å². The van der Waals surface area contributed by atoms with Gasteiger partial charge in [-0.25, -0.2) is 4.68 Å². The van der Waals surface area contributed by atoms with Gasteiger partial charge in [0.2, 0.25) is 0 Å². The highest BCUT2D eigenvalue weighted by molar-refractivity contribution is 5.86. The van der Waals surface area contributed by atoms with E-state index in [-0.39, 0.29) is 5.56 Å². The second kappa shape index (κ2) is 5.54. The molecule has 1 aromatic carbocycles. The zero-order valence-corrected chi connectivity index (χ0v) is 11.0. The molecule has 0 radical (unpaired) electrons. The highest BCUT2D eigenvalue weighted by Gasteiger charge is 2.07. The normalized spacial score (nSPS) is 10.5. The number of carbonyl (C=O) groups excluding carboxylic acids is 1. The summed E-state index contributed by atoms with van der Waals surface area (Å²) >= 11 is 0. The van der Waals surface area contributed by atoms with Crippen LogP contribution in [0.4, 0.5) is 0 Å². The number of carboxylic acids is 1. The first-order valence-electron chi connectivity index (χ1n) is 6.34. The fraction of sp³-hybridized carbons (Fsp3) is 0.0667. The van der Waals surface area contributed by atoms with Crippen molar-refractivity contribution < 1.29 is 9.90 Å². The summed E-state index contributed by atoms with van der Waals surface area (Å²) < 4.78 is 1.68.